The SMILES string of the molecule is CCN(CC)S(=O)(=O)c1cc(NC(=O)CSc2nc3ccc(C)cc3[nH]2)ccc1C. The van der Waals surface area contributed by atoms with E-state index in [1.807, 2.05) is 25.1 Å². The van der Waals surface area contributed by atoms with Gasteiger partial charge < -0.3 is 10.3 Å². The smallest absolute Gasteiger partial charge is 0.243 e. The number of aromatic nitrogens is 2. The van der Waals surface area contributed by atoms with Gasteiger partial charge in [0.1, 0.15) is 0 Å². The number of nitrogens with one attached hydrogen (secondary N) is 2. The van der Waals surface area contributed by atoms with Crippen LogP contribution in [0.25, 0.3) is 11.0 Å². The van der Waals surface area contributed by atoms with E-state index in [1.165, 1.54) is 22.1 Å². The van der Waals surface area contributed by atoms with E-state index in [2.05, 4.69) is 15.3 Å². The first-order chi connectivity index (χ1) is 14.2. The summed E-state index contributed by atoms with van der Waals surface area (Å²) in [5.74, 6) is -0.0724. The molecule has 30 heavy (non-hydrogen) atoms. The van der Waals surface area contributed by atoms with E-state index in [9.17, 15) is 13.2 Å². The van der Waals surface area contributed by atoms with E-state index in [0.717, 1.165) is 16.6 Å². The Balaban J connectivity index is 1.70. The number of rotatable bonds is 8. The van der Waals surface area contributed by atoms with Crippen molar-refractivity contribution in [1.29, 1.82) is 0 Å². The summed E-state index contributed by atoms with van der Waals surface area (Å²) >= 11 is 1.30. The number of hydrogen-bond acceptors (Lipinski definition) is 5. The number of nitrogens with zero attached hydrogens (tertiary/aromatic N) is 2. The number of fused-ring (bicyclic) bond motifs is 1. The van der Waals surface area contributed by atoms with Crippen molar-refractivity contribution < 1.29 is 13.2 Å². The lowest BCUT2D eigenvalue weighted by molar-refractivity contribution is -0.113. The Morgan fingerprint density at radius 1 is 1.13 bits per heavy atom. The van der Waals surface area contributed by atoms with Crippen LogP contribution in [0.2, 0.25) is 0 Å². The normalized spacial score (nSPS) is 11.9. The third kappa shape index (κ3) is 4.85. The summed E-state index contributed by atoms with van der Waals surface area (Å²) in [6.45, 7) is 8.15. The van der Waals surface area contributed by atoms with Crippen molar-refractivity contribution in [2.45, 2.75) is 37.7 Å². The summed E-state index contributed by atoms with van der Waals surface area (Å²) < 4.78 is 27.1. The standard InChI is InChI=1S/C21H26N4O3S2/c1-5-25(6-2)30(27,28)19-12-16(9-8-15(19)4)22-20(26)13-29-21-23-17-10-7-14(3)11-18(17)24-21/h7-12H,5-6,13H2,1-4H3,(H,22,26)(H,23,24). The Bertz CT molecular complexity index is 1170. The quantitative estimate of drug-likeness (QED) is 0.511. The third-order valence-electron chi connectivity index (χ3n) is 4.75. The second-order valence-corrected chi connectivity index (χ2v) is 9.84. The Morgan fingerprint density at radius 3 is 2.57 bits per heavy atom. The van der Waals surface area contributed by atoms with Crippen LogP contribution < -0.4 is 5.32 Å². The molecular weight excluding hydrogens is 420 g/mol. The van der Waals surface area contributed by atoms with Gasteiger partial charge in [-0.25, -0.2) is 13.4 Å². The molecule has 0 unspecified atom stereocenters. The number of H-pyrrole nitrogens is 1. The largest absolute Gasteiger partial charge is 0.333 e. The summed E-state index contributed by atoms with van der Waals surface area (Å²) in [5, 5.41) is 3.45. The van der Waals surface area contributed by atoms with Crippen LogP contribution in [0.3, 0.4) is 0 Å². The lowest BCUT2D eigenvalue weighted by atomic mass is 10.2. The van der Waals surface area contributed by atoms with Gasteiger partial charge in [-0.1, -0.05) is 37.7 Å². The second kappa shape index (κ2) is 9.20. The fourth-order valence-corrected chi connectivity index (χ4v) is 5.55. The highest BCUT2D eigenvalue weighted by molar-refractivity contribution is 7.99. The van der Waals surface area contributed by atoms with Crippen molar-refractivity contribution in [3.05, 3.63) is 47.5 Å². The van der Waals surface area contributed by atoms with Crippen LogP contribution >= 0.6 is 11.8 Å². The van der Waals surface area contributed by atoms with Gasteiger partial charge in [0.15, 0.2) is 5.16 Å². The third-order valence-corrected chi connectivity index (χ3v) is 7.82. The Kier molecular flexibility index (Phi) is 6.84. The van der Waals surface area contributed by atoms with Crippen molar-refractivity contribution in [3.8, 4) is 0 Å². The van der Waals surface area contributed by atoms with Crippen LogP contribution in [0, 0.1) is 13.8 Å². The molecule has 160 valence electrons. The molecule has 0 aliphatic carbocycles. The van der Waals surface area contributed by atoms with E-state index < -0.39 is 10.0 Å². The molecule has 9 heteroatoms. The minimum absolute atomic E-state index is 0.158. The van der Waals surface area contributed by atoms with Gasteiger partial charge in [-0.05, 0) is 49.2 Å². The van der Waals surface area contributed by atoms with Crippen LogP contribution in [-0.2, 0) is 14.8 Å². The highest BCUT2D eigenvalue weighted by atomic mass is 32.2. The van der Waals surface area contributed by atoms with Gasteiger partial charge in [0, 0.05) is 18.8 Å². The van der Waals surface area contributed by atoms with E-state index in [0.29, 0.717) is 29.5 Å². The molecular formula is C21H26N4O3S2. The molecule has 0 saturated heterocycles. The molecule has 2 aromatic carbocycles. The fraction of sp³-hybridized carbons (Fsp3) is 0.333. The average molecular weight is 447 g/mol. The number of carbonyl (C=O) groups is 1. The molecule has 3 rings (SSSR count). The summed E-state index contributed by atoms with van der Waals surface area (Å²) in [6, 6.07) is 10.9. The Labute approximate surface area is 181 Å². The lowest BCUT2D eigenvalue weighted by Crippen LogP contribution is -2.31. The number of amides is 1. The summed E-state index contributed by atoms with van der Waals surface area (Å²) in [5.41, 5.74) is 4.02. The molecule has 1 heterocycles. The molecule has 0 fully saturated rings. The molecule has 1 aromatic heterocycles. The zero-order chi connectivity index (χ0) is 21.9. The van der Waals surface area contributed by atoms with Crippen LogP contribution in [0.1, 0.15) is 25.0 Å². The molecule has 0 radical (unpaired) electrons. The number of hydrogen-bond donors (Lipinski definition) is 2. The minimum atomic E-state index is -3.60. The van der Waals surface area contributed by atoms with Gasteiger partial charge >= 0.3 is 0 Å². The molecule has 0 saturated carbocycles. The first kappa shape index (κ1) is 22.3. The summed E-state index contributed by atoms with van der Waals surface area (Å²) in [7, 11) is -3.60. The van der Waals surface area contributed by atoms with Crippen molar-refractivity contribution >= 4 is 44.4 Å². The molecule has 0 spiro atoms. The summed E-state index contributed by atoms with van der Waals surface area (Å²) in [4.78, 5) is 20.3. The second-order valence-electron chi connectivity index (χ2n) is 6.97. The molecule has 3 aromatic rings. The number of carbonyl (C=O) groups excluding carboxylic acids is 1. The average Bonchev–Trinajstić information content (AvgIpc) is 3.10. The molecule has 0 aliphatic rings. The number of sulfonamides is 1. The van der Waals surface area contributed by atoms with Gasteiger partial charge in [-0.15, -0.1) is 0 Å². The molecule has 1 amide bonds. The van der Waals surface area contributed by atoms with Gasteiger partial charge in [-0.2, -0.15) is 4.31 Å². The van der Waals surface area contributed by atoms with E-state index in [4.69, 9.17) is 0 Å². The number of thioether (sulfide) groups is 1. The number of imidazole rings is 1. The van der Waals surface area contributed by atoms with E-state index >= 15 is 0 Å². The van der Waals surface area contributed by atoms with Crippen LogP contribution in [0.15, 0.2) is 46.5 Å². The van der Waals surface area contributed by atoms with Gasteiger partial charge in [0.2, 0.25) is 15.9 Å². The van der Waals surface area contributed by atoms with Crippen molar-refractivity contribution in [3.63, 3.8) is 0 Å². The maximum absolute atomic E-state index is 12.9. The number of aromatic amines is 1. The van der Waals surface area contributed by atoms with E-state index in [-0.39, 0.29) is 16.6 Å². The maximum atomic E-state index is 12.9. The molecule has 0 atom stereocenters. The van der Waals surface area contributed by atoms with Crippen LogP contribution in [-0.4, -0.2) is 47.4 Å². The summed E-state index contributed by atoms with van der Waals surface area (Å²) in [6.07, 6.45) is 0. The van der Waals surface area contributed by atoms with Crippen molar-refractivity contribution in [1.82, 2.24) is 14.3 Å². The zero-order valence-corrected chi connectivity index (χ0v) is 19.2. The molecule has 0 aliphatic heterocycles. The first-order valence-corrected chi connectivity index (χ1v) is 12.2. The van der Waals surface area contributed by atoms with Gasteiger partial charge in [-0.3, -0.25) is 4.79 Å². The lowest BCUT2D eigenvalue weighted by Gasteiger charge is -2.20. The fourth-order valence-electron chi connectivity index (χ4n) is 3.16. The Morgan fingerprint density at radius 2 is 1.87 bits per heavy atom. The molecule has 2 N–H and O–H groups in total. The first-order valence-electron chi connectivity index (χ1n) is 9.74. The van der Waals surface area contributed by atoms with Gasteiger partial charge in [0.05, 0.1) is 21.7 Å². The van der Waals surface area contributed by atoms with Crippen LogP contribution in [0.4, 0.5) is 5.69 Å². The van der Waals surface area contributed by atoms with Crippen molar-refractivity contribution in [2.75, 3.05) is 24.2 Å². The monoisotopic (exact) mass is 446 g/mol. The van der Waals surface area contributed by atoms with E-state index in [1.54, 1.807) is 32.9 Å². The zero-order valence-electron chi connectivity index (χ0n) is 17.5. The predicted octanol–water partition coefficient (Wildman–Crippen LogP) is 3.94. The molecule has 7 nitrogen and oxygen atoms in total. The highest BCUT2D eigenvalue weighted by Crippen LogP contribution is 2.24. The number of benzene rings is 2. The van der Waals surface area contributed by atoms with Gasteiger partial charge in [0.25, 0.3) is 0 Å². The topological polar surface area (TPSA) is 95.2 Å². The van der Waals surface area contributed by atoms with Crippen LogP contribution in [0.5, 0.6) is 0 Å². The van der Waals surface area contributed by atoms with Crippen molar-refractivity contribution in [2.24, 2.45) is 0 Å². The molecule has 0 bridgehead atoms. The predicted molar refractivity (Wildman–Crippen MR) is 121 cm³/mol. The Hall–Kier alpha value is -2.36. The number of anilines is 1. The highest BCUT2D eigenvalue weighted by Gasteiger charge is 2.24. The maximum Gasteiger partial charge on any atom is 0.243 e. The minimum Gasteiger partial charge on any atom is -0.333 e. The number of aryl methyl sites for hydroxylation is 2.